The number of hydrogen-bond acceptors (Lipinski definition) is 3. The summed E-state index contributed by atoms with van der Waals surface area (Å²) in [4.78, 5) is 7.38. The Morgan fingerprint density at radius 3 is 1.81 bits per heavy atom. The van der Waals surface area contributed by atoms with Crippen LogP contribution in [0.25, 0.3) is 66.7 Å². The van der Waals surface area contributed by atoms with Crippen molar-refractivity contribution in [2.75, 3.05) is 4.90 Å². The van der Waals surface area contributed by atoms with Gasteiger partial charge < -0.3 is 9.32 Å². The molecule has 0 unspecified atom stereocenters. The largest absolute Gasteiger partial charge is 0.435 e. The Kier molecular flexibility index (Phi) is 7.16. The molecule has 0 radical (unpaired) electrons. The molecule has 0 spiro atoms. The van der Waals surface area contributed by atoms with E-state index in [2.05, 4.69) is 170 Å². The fourth-order valence-electron chi connectivity index (χ4n) is 8.28. The fraction of sp³-hybridized carbons (Fsp3) is 0.0600. The number of oxazole rings is 1. The van der Waals surface area contributed by atoms with Crippen LogP contribution in [0.15, 0.2) is 186 Å². The van der Waals surface area contributed by atoms with Crippen LogP contribution in [0.1, 0.15) is 25.0 Å². The molecule has 10 rings (SSSR count). The topological polar surface area (TPSA) is 29.3 Å². The lowest BCUT2D eigenvalue weighted by atomic mass is 9.82. The number of benzene rings is 8. The van der Waals surface area contributed by atoms with Gasteiger partial charge in [-0.1, -0.05) is 147 Å². The number of hydrogen-bond donors (Lipinski definition) is 0. The Balaban J connectivity index is 1.13. The second-order valence-corrected chi connectivity index (χ2v) is 14.4. The highest BCUT2D eigenvalue weighted by Gasteiger charge is 2.36. The first kappa shape index (κ1) is 31.1. The lowest BCUT2D eigenvalue weighted by Gasteiger charge is -2.30. The number of fused-ring (bicyclic) bond motifs is 6. The van der Waals surface area contributed by atoms with Gasteiger partial charge in [-0.05, 0) is 92.9 Å². The summed E-state index contributed by atoms with van der Waals surface area (Å²) in [6.07, 6.45) is 0. The molecule has 9 aromatic rings. The Morgan fingerprint density at radius 1 is 0.453 bits per heavy atom. The molecule has 0 fully saturated rings. The molecule has 3 nitrogen and oxygen atoms in total. The van der Waals surface area contributed by atoms with E-state index in [1.807, 2.05) is 30.3 Å². The molecule has 0 aliphatic heterocycles. The second-order valence-electron chi connectivity index (χ2n) is 14.4. The van der Waals surface area contributed by atoms with E-state index in [4.69, 9.17) is 9.40 Å². The predicted molar refractivity (Wildman–Crippen MR) is 220 cm³/mol. The zero-order valence-corrected chi connectivity index (χ0v) is 29.6. The summed E-state index contributed by atoms with van der Waals surface area (Å²) in [5.74, 6) is 0.631. The van der Waals surface area contributed by atoms with Gasteiger partial charge in [-0.15, -0.1) is 0 Å². The third kappa shape index (κ3) is 5.08. The summed E-state index contributed by atoms with van der Waals surface area (Å²) in [5.41, 5.74) is 15.8. The summed E-state index contributed by atoms with van der Waals surface area (Å²) in [6.45, 7) is 4.69. The zero-order valence-electron chi connectivity index (χ0n) is 29.6. The minimum absolute atomic E-state index is 0.113. The molecule has 0 amide bonds. The molecular weight excluding hydrogens is 645 g/mol. The van der Waals surface area contributed by atoms with E-state index in [0.29, 0.717) is 5.89 Å². The van der Waals surface area contributed by atoms with Crippen LogP contribution in [-0.4, -0.2) is 4.98 Å². The van der Waals surface area contributed by atoms with Crippen LogP contribution in [0.5, 0.6) is 0 Å². The Morgan fingerprint density at radius 2 is 1.04 bits per heavy atom. The van der Waals surface area contributed by atoms with E-state index in [1.54, 1.807) is 0 Å². The maximum atomic E-state index is 6.40. The molecule has 0 bridgehead atoms. The molecule has 1 heterocycles. The van der Waals surface area contributed by atoms with Crippen molar-refractivity contribution in [1.29, 1.82) is 0 Å². The van der Waals surface area contributed by atoms with Gasteiger partial charge >= 0.3 is 0 Å². The maximum Gasteiger partial charge on any atom is 0.227 e. The highest BCUT2D eigenvalue weighted by molar-refractivity contribution is 6.11. The van der Waals surface area contributed by atoms with E-state index >= 15 is 0 Å². The van der Waals surface area contributed by atoms with Gasteiger partial charge in [0.15, 0.2) is 5.58 Å². The van der Waals surface area contributed by atoms with Crippen molar-refractivity contribution >= 4 is 38.9 Å². The maximum absolute atomic E-state index is 6.40. The normalized spacial score (nSPS) is 12.9. The summed E-state index contributed by atoms with van der Waals surface area (Å²) in [6, 6.07) is 65.0. The number of para-hydroxylation sites is 1. The molecule has 252 valence electrons. The SMILES string of the molecule is CC1(C)c2ccccc2-c2ccc(N(c3ccc(-c4cc5nc(-c6ccccc6)oc5c5ccccc45)cc3)c3ccccc3-c3ccccc3)cc21. The van der Waals surface area contributed by atoms with Crippen molar-refractivity contribution in [2.45, 2.75) is 19.3 Å². The molecule has 1 aliphatic carbocycles. The highest BCUT2D eigenvalue weighted by Crippen LogP contribution is 2.51. The minimum atomic E-state index is -0.113. The third-order valence-corrected chi connectivity index (χ3v) is 10.9. The van der Waals surface area contributed by atoms with Crippen molar-refractivity contribution in [3.63, 3.8) is 0 Å². The molecule has 1 aliphatic rings. The smallest absolute Gasteiger partial charge is 0.227 e. The summed E-state index contributed by atoms with van der Waals surface area (Å²) >= 11 is 0. The van der Waals surface area contributed by atoms with Gasteiger partial charge in [-0.2, -0.15) is 0 Å². The van der Waals surface area contributed by atoms with Gasteiger partial charge in [0.2, 0.25) is 5.89 Å². The standard InChI is InChI=1S/C50H36N2O/c1-50(2)44-23-13-11-21-40(44)41-30-29-37(31-45(41)50)52(47-24-14-12-19-38(47)33-15-5-3-6-16-33)36-27-25-34(26-28-36)43-32-46-48(42-22-10-9-20-39(42)43)53-49(51-46)35-17-7-4-8-18-35/h3-32H,1-2H3. The van der Waals surface area contributed by atoms with E-state index < -0.39 is 0 Å². The number of aromatic nitrogens is 1. The Labute approximate surface area is 309 Å². The molecular formula is C50H36N2O. The van der Waals surface area contributed by atoms with Crippen molar-refractivity contribution in [2.24, 2.45) is 0 Å². The number of nitrogens with zero attached hydrogens (tertiary/aromatic N) is 2. The van der Waals surface area contributed by atoms with Crippen LogP contribution in [0.4, 0.5) is 17.1 Å². The summed E-state index contributed by atoms with van der Waals surface area (Å²) in [7, 11) is 0. The van der Waals surface area contributed by atoms with Crippen molar-refractivity contribution in [1.82, 2.24) is 4.98 Å². The monoisotopic (exact) mass is 680 g/mol. The Bertz CT molecular complexity index is 2800. The van der Waals surface area contributed by atoms with E-state index in [0.717, 1.165) is 55.6 Å². The van der Waals surface area contributed by atoms with Crippen LogP contribution in [-0.2, 0) is 5.41 Å². The van der Waals surface area contributed by atoms with Crippen LogP contribution < -0.4 is 4.90 Å². The average molecular weight is 681 g/mol. The molecule has 1 aromatic heterocycles. The first-order chi connectivity index (χ1) is 26.0. The molecule has 0 atom stereocenters. The number of anilines is 3. The van der Waals surface area contributed by atoms with Crippen molar-refractivity contribution in [3.05, 3.63) is 193 Å². The Hall–Kier alpha value is -6.71. The lowest BCUT2D eigenvalue weighted by molar-refractivity contribution is 0.623. The van der Waals surface area contributed by atoms with Gasteiger partial charge in [-0.3, -0.25) is 0 Å². The molecule has 0 N–H and O–H groups in total. The van der Waals surface area contributed by atoms with Crippen molar-refractivity contribution < 1.29 is 4.42 Å². The molecule has 53 heavy (non-hydrogen) atoms. The molecule has 3 heteroatoms. The van der Waals surface area contributed by atoms with Crippen LogP contribution in [0.2, 0.25) is 0 Å². The van der Waals surface area contributed by atoms with Gasteiger partial charge in [0.05, 0.1) is 5.69 Å². The van der Waals surface area contributed by atoms with Gasteiger partial charge in [0.1, 0.15) is 5.52 Å². The van der Waals surface area contributed by atoms with Gasteiger partial charge in [0.25, 0.3) is 0 Å². The second kappa shape index (κ2) is 12.2. The number of rotatable bonds is 6. The first-order valence-corrected chi connectivity index (χ1v) is 18.2. The molecule has 0 saturated carbocycles. The molecule has 8 aromatic carbocycles. The first-order valence-electron chi connectivity index (χ1n) is 18.2. The third-order valence-electron chi connectivity index (χ3n) is 10.9. The average Bonchev–Trinajstić information content (AvgIpc) is 3.76. The lowest BCUT2D eigenvalue weighted by Crippen LogP contribution is -2.16. The van der Waals surface area contributed by atoms with E-state index in [9.17, 15) is 0 Å². The van der Waals surface area contributed by atoms with Crippen LogP contribution in [0, 0.1) is 0 Å². The van der Waals surface area contributed by atoms with Crippen molar-refractivity contribution in [3.8, 4) is 44.8 Å². The van der Waals surface area contributed by atoms with E-state index in [-0.39, 0.29) is 5.41 Å². The predicted octanol–water partition coefficient (Wildman–Crippen LogP) is 13.8. The molecule has 0 saturated heterocycles. The van der Waals surface area contributed by atoms with Crippen LogP contribution in [0.3, 0.4) is 0 Å². The fourth-order valence-corrected chi connectivity index (χ4v) is 8.28. The summed E-state index contributed by atoms with van der Waals surface area (Å²) in [5, 5.41) is 2.19. The highest BCUT2D eigenvalue weighted by atomic mass is 16.3. The van der Waals surface area contributed by atoms with Gasteiger partial charge in [0, 0.05) is 33.3 Å². The van der Waals surface area contributed by atoms with Crippen LogP contribution >= 0.6 is 0 Å². The van der Waals surface area contributed by atoms with E-state index in [1.165, 1.54) is 33.4 Å². The summed E-state index contributed by atoms with van der Waals surface area (Å²) < 4.78 is 6.40. The minimum Gasteiger partial charge on any atom is -0.435 e. The quantitative estimate of drug-likeness (QED) is 0.175. The zero-order chi connectivity index (χ0) is 35.5. The van der Waals surface area contributed by atoms with Gasteiger partial charge in [-0.25, -0.2) is 4.98 Å².